The monoisotopic (exact) mass is 162 g/mol. The van der Waals surface area contributed by atoms with E-state index in [-0.39, 0.29) is 19.4 Å². The third kappa shape index (κ3) is 4.31. The smallest absolute Gasteiger partial charge is 0.0811 e. The van der Waals surface area contributed by atoms with Crippen molar-refractivity contribution in [3.05, 3.63) is 0 Å². The highest BCUT2D eigenvalue weighted by Crippen LogP contribution is 1.93. The summed E-state index contributed by atoms with van der Waals surface area (Å²) in [6.07, 6.45) is 0.648. The van der Waals surface area contributed by atoms with Crippen molar-refractivity contribution in [2.45, 2.75) is 19.5 Å². The van der Waals surface area contributed by atoms with Crippen molar-refractivity contribution in [1.29, 1.82) is 0 Å². The first kappa shape index (κ1) is 10.8. The van der Waals surface area contributed by atoms with Gasteiger partial charge in [0.2, 0.25) is 0 Å². The Balaban J connectivity index is 3.66. The van der Waals surface area contributed by atoms with Gasteiger partial charge in [0.1, 0.15) is 0 Å². The summed E-state index contributed by atoms with van der Waals surface area (Å²) in [5, 5.41) is 17.3. The second-order valence-electron chi connectivity index (χ2n) is 2.51. The highest BCUT2D eigenvalue weighted by Gasteiger charge is 2.10. The van der Waals surface area contributed by atoms with Crippen molar-refractivity contribution in [2.75, 3.05) is 26.3 Å². The van der Waals surface area contributed by atoms with Gasteiger partial charge in [-0.05, 0) is 13.0 Å². The van der Waals surface area contributed by atoms with Gasteiger partial charge in [0.15, 0.2) is 0 Å². The molecule has 0 aliphatic rings. The highest BCUT2D eigenvalue weighted by atomic mass is 16.3. The lowest BCUT2D eigenvalue weighted by Crippen LogP contribution is -2.46. The van der Waals surface area contributed by atoms with Gasteiger partial charge in [0.05, 0.1) is 19.4 Å². The predicted molar refractivity (Wildman–Crippen MR) is 44.0 cm³/mol. The van der Waals surface area contributed by atoms with Gasteiger partial charge in [0, 0.05) is 6.54 Å². The van der Waals surface area contributed by atoms with Crippen molar-refractivity contribution in [2.24, 2.45) is 5.73 Å². The van der Waals surface area contributed by atoms with Gasteiger partial charge in [0.25, 0.3) is 0 Å². The number of aliphatic hydroxyl groups is 2. The lowest BCUT2D eigenvalue weighted by atomic mass is 10.3. The maximum Gasteiger partial charge on any atom is 0.0811 e. The zero-order valence-electron chi connectivity index (χ0n) is 7.03. The van der Waals surface area contributed by atoms with Crippen molar-refractivity contribution in [3.8, 4) is 0 Å². The van der Waals surface area contributed by atoms with Crippen LogP contribution in [0.3, 0.4) is 0 Å². The Hall–Kier alpha value is -0.160. The molecule has 0 radical (unpaired) electrons. The Morgan fingerprint density at radius 1 is 1.36 bits per heavy atom. The molecule has 0 aromatic carbocycles. The van der Waals surface area contributed by atoms with Crippen LogP contribution in [-0.4, -0.2) is 47.6 Å². The molecule has 0 aromatic heterocycles. The van der Waals surface area contributed by atoms with Crippen LogP contribution in [0, 0.1) is 0 Å². The molecule has 1 atom stereocenters. The van der Waals surface area contributed by atoms with E-state index in [0.29, 0.717) is 6.54 Å². The molecular weight excluding hydrogens is 144 g/mol. The molecular formula is C7H18N2O2. The Kier molecular flexibility index (Phi) is 6.45. The van der Waals surface area contributed by atoms with Gasteiger partial charge in [-0.3, -0.25) is 4.90 Å². The maximum absolute atomic E-state index is 8.71. The normalized spacial score (nSPS) is 13.9. The molecule has 68 valence electrons. The second-order valence-corrected chi connectivity index (χ2v) is 2.51. The van der Waals surface area contributed by atoms with Crippen molar-refractivity contribution in [1.82, 2.24) is 4.90 Å². The number of hydrogen-bond donors (Lipinski definition) is 3. The standard InChI is InChI=1S/C7H18N2O2/c1-2-3-9(4-5-10)7(8)6-11/h7,10-11H,2-6,8H2,1H3. The largest absolute Gasteiger partial charge is 0.395 e. The average Bonchev–Trinajstić information content (AvgIpc) is 2.03. The molecule has 4 heteroatoms. The van der Waals surface area contributed by atoms with Gasteiger partial charge in [-0.1, -0.05) is 6.92 Å². The zero-order valence-corrected chi connectivity index (χ0v) is 7.03. The van der Waals surface area contributed by atoms with Crippen LogP contribution < -0.4 is 5.73 Å². The first-order valence-electron chi connectivity index (χ1n) is 3.97. The van der Waals surface area contributed by atoms with Crippen molar-refractivity contribution in [3.63, 3.8) is 0 Å². The number of rotatable bonds is 6. The highest BCUT2D eigenvalue weighted by molar-refractivity contribution is 4.63. The van der Waals surface area contributed by atoms with Crippen LogP contribution in [0.5, 0.6) is 0 Å². The zero-order chi connectivity index (χ0) is 8.69. The molecule has 0 fully saturated rings. The third-order valence-electron chi connectivity index (χ3n) is 1.55. The molecule has 0 amide bonds. The molecule has 4 N–H and O–H groups in total. The summed E-state index contributed by atoms with van der Waals surface area (Å²) in [5.41, 5.74) is 5.55. The Bertz CT molecular complexity index is 84.5. The van der Waals surface area contributed by atoms with Crippen LogP contribution >= 0.6 is 0 Å². The Morgan fingerprint density at radius 2 is 2.00 bits per heavy atom. The summed E-state index contributed by atoms with van der Waals surface area (Å²) >= 11 is 0. The quantitative estimate of drug-likeness (QED) is 0.437. The SMILES string of the molecule is CCCN(CCO)C(N)CO. The van der Waals surface area contributed by atoms with Crippen LogP contribution in [0.4, 0.5) is 0 Å². The lowest BCUT2D eigenvalue weighted by Gasteiger charge is -2.25. The molecule has 0 saturated carbocycles. The van der Waals surface area contributed by atoms with Crippen LogP contribution in [-0.2, 0) is 0 Å². The number of hydrogen-bond acceptors (Lipinski definition) is 4. The molecule has 0 aromatic rings. The molecule has 0 rings (SSSR count). The maximum atomic E-state index is 8.71. The van der Waals surface area contributed by atoms with Gasteiger partial charge in [-0.25, -0.2) is 0 Å². The first-order chi connectivity index (χ1) is 5.26. The topological polar surface area (TPSA) is 69.7 Å². The van der Waals surface area contributed by atoms with Crippen LogP contribution in [0.1, 0.15) is 13.3 Å². The summed E-state index contributed by atoms with van der Waals surface area (Å²) in [6, 6.07) is 0. The van der Waals surface area contributed by atoms with E-state index in [1.54, 1.807) is 0 Å². The van der Waals surface area contributed by atoms with Gasteiger partial charge in [-0.2, -0.15) is 0 Å². The van der Waals surface area contributed by atoms with E-state index < -0.39 is 0 Å². The van der Waals surface area contributed by atoms with E-state index in [4.69, 9.17) is 15.9 Å². The fourth-order valence-corrected chi connectivity index (χ4v) is 0.975. The third-order valence-corrected chi connectivity index (χ3v) is 1.55. The van der Waals surface area contributed by atoms with Crippen molar-refractivity contribution < 1.29 is 10.2 Å². The molecule has 0 aliphatic carbocycles. The van der Waals surface area contributed by atoms with Crippen LogP contribution in [0.2, 0.25) is 0 Å². The molecule has 0 spiro atoms. The molecule has 1 unspecified atom stereocenters. The molecule has 0 saturated heterocycles. The molecule has 0 heterocycles. The van der Waals surface area contributed by atoms with Crippen LogP contribution in [0.15, 0.2) is 0 Å². The van der Waals surface area contributed by atoms with E-state index in [2.05, 4.69) is 0 Å². The van der Waals surface area contributed by atoms with E-state index >= 15 is 0 Å². The van der Waals surface area contributed by atoms with Gasteiger partial charge >= 0.3 is 0 Å². The van der Waals surface area contributed by atoms with Crippen molar-refractivity contribution >= 4 is 0 Å². The molecule has 0 bridgehead atoms. The number of aliphatic hydroxyl groups excluding tert-OH is 2. The number of nitrogens with two attached hydrogens (primary N) is 1. The summed E-state index contributed by atoms with van der Waals surface area (Å²) in [5.74, 6) is 0. The summed E-state index contributed by atoms with van der Waals surface area (Å²) in [4.78, 5) is 1.86. The van der Waals surface area contributed by atoms with E-state index in [0.717, 1.165) is 13.0 Å². The van der Waals surface area contributed by atoms with E-state index in [1.165, 1.54) is 0 Å². The van der Waals surface area contributed by atoms with E-state index in [1.807, 2.05) is 11.8 Å². The minimum absolute atomic E-state index is 0.0556. The molecule has 11 heavy (non-hydrogen) atoms. The fraction of sp³-hybridized carbons (Fsp3) is 1.00. The molecule has 0 aliphatic heterocycles. The molecule has 4 nitrogen and oxygen atoms in total. The van der Waals surface area contributed by atoms with E-state index in [9.17, 15) is 0 Å². The summed E-state index contributed by atoms with van der Waals surface area (Å²) < 4.78 is 0. The second kappa shape index (κ2) is 6.54. The number of nitrogens with zero attached hydrogens (tertiary/aromatic N) is 1. The first-order valence-corrected chi connectivity index (χ1v) is 3.97. The minimum atomic E-state index is -0.331. The fourth-order valence-electron chi connectivity index (χ4n) is 0.975. The average molecular weight is 162 g/mol. The van der Waals surface area contributed by atoms with Gasteiger partial charge in [-0.15, -0.1) is 0 Å². The lowest BCUT2D eigenvalue weighted by molar-refractivity contribution is 0.105. The Labute approximate surface area is 67.6 Å². The predicted octanol–water partition coefficient (Wildman–Crippen LogP) is -1.03. The Morgan fingerprint density at radius 3 is 2.36 bits per heavy atom. The minimum Gasteiger partial charge on any atom is -0.395 e. The van der Waals surface area contributed by atoms with Crippen LogP contribution in [0.25, 0.3) is 0 Å². The summed E-state index contributed by atoms with van der Waals surface area (Å²) in [7, 11) is 0. The summed E-state index contributed by atoms with van der Waals surface area (Å²) in [6.45, 7) is 3.43. The van der Waals surface area contributed by atoms with Gasteiger partial charge < -0.3 is 15.9 Å².